The summed E-state index contributed by atoms with van der Waals surface area (Å²) in [5.41, 5.74) is 0. The van der Waals surface area contributed by atoms with Crippen molar-refractivity contribution in [1.29, 1.82) is 0 Å². The molecule has 0 spiro atoms. The quantitative estimate of drug-likeness (QED) is 0.667. The number of aliphatic hydroxyl groups is 1. The van der Waals surface area contributed by atoms with Crippen LogP contribution in [-0.4, -0.2) is 23.8 Å². The lowest BCUT2D eigenvalue weighted by Crippen LogP contribution is -2.40. The zero-order valence-electron chi connectivity index (χ0n) is 9.67. The minimum atomic E-state index is -0.215. The van der Waals surface area contributed by atoms with E-state index in [9.17, 15) is 5.11 Å². The van der Waals surface area contributed by atoms with Crippen LogP contribution in [0.15, 0.2) is 0 Å². The highest BCUT2D eigenvalue weighted by Crippen LogP contribution is 2.06. The van der Waals surface area contributed by atoms with E-state index in [2.05, 4.69) is 26.1 Å². The molecule has 0 aliphatic rings. The average molecular weight is 187 g/mol. The van der Waals surface area contributed by atoms with Crippen molar-refractivity contribution in [3.63, 3.8) is 0 Å². The summed E-state index contributed by atoms with van der Waals surface area (Å²) in [5.74, 6) is 0.988. The van der Waals surface area contributed by atoms with E-state index in [1.54, 1.807) is 0 Å². The van der Waals surface area contributed by atoms with Crippen LogP contribution in [0.25, 0.3) is 0 Å². The molecule has 0 rings (SSSR count). The van der Waals surface area contributed by atoms with Crippen LogP contribution in [-0.2, 0) is 0 Å². The SMILES string of the molecule is CCC(NCC(O)C(C)C)C(C)C. The third-order valence-electron chi connectivity index (χ3n) is 2.60. The van der Waals surface area contributed by atoms with E-state index in [0.717, 1.165) is 6.42 Å². The molecule has 0 saturated carbocycles. The zero-order valence-corrected chi connectivity index (χ0v) is 9.67. The van der Waals surface area contributed by atoms with Crippen molar-refractivity contribution >= 4 is 0 Å². The number of nitrogens with one attached hydrogen (secondary N) is 1. The van der Waals surface area contributed by atoms with Crippen LogP contribution in [0.3, 0.4) is 0 Å². The maximum absolute atomic E-state index is 9.59. The normalized spacial score (nSPS) is 16.6. The van der Waals surface area contributed by atoms with Gasteiger partial charge in [-0.25, -0.2) is 0 Å². The summed E-state index contributed by atoms with van der Waals surface area (Å²) in [7, 11) is 0. The monoisotopic (exact) mass is 187 g/mol. The molecule has 2 N–H and O–H groups in total. The number of rotatable bonds is 6. The van der Waals surface area contributed by atoms with Gasteiger partial charge in [-0.15, -0.1) is 0 Å². The molecule has 0 aromatic heterocycles. The van der Waals surface area contributed by atoms with Gasteiger partial charge in [0.15, 0.2) is 0 Å². The topological polar surface area (TPSA) is 32.3 Å². The molecule has 0 amide bonds. The summed E-state index contributed by atoms with van der Waals surface area (Å²) in [4.78, 5) is 0. The molecule has 80 valence electrons. The van der Waals surface area contributed by atoms with Crippen molar-refractivity contribution in [3.05, 3.63) is 0 Å². The maximum atomic E-state index is 9.59. The number of hydrogen-bond acceptors (Lipinski definition) is 2. The van der Waals surface area contributed by atoms with E-state index in [1.807, 2.05) is 13.8 Å². The predicted molar refractivity (Wildman–Crippen MR) is 57.8 cm³/mol. The van der Waals surface area contributed by atoms with Crippen LogP contribution >= 0.6 is 0 Å². The molecule has 2 atom stereocenters. The van der Waals surface area contributed by atoms with Gasteiger partial charge in [-0.05, 0) is 18.3 Å². The first kappa shape index (κ1) is 12.9. The van der Waals surface area contributed by atoms with Gasteiger partial charge in [-0.1, -0.05) is 34.6 Å². The molecular weight excluding hydrogens is 162 g/mol. The van der Waals surface area contributed by atoms with Crippen molar-refractivity contribution < 1.29 is 5.11 Å². The van der Waals surface area contributed by atoms with Crippen molar-refractivity contribution in [1.82, 2.24) is 5.32 Å². The van der Waals surface area contributed by atoms with Crippen molar-refractivity contribution in [2.45, 2.75) is 53.2 Å². The third-order valence-corrected chi connectivity index (χ3v) is 2.60. The molecule has 0 aliphatic carbocycles. The van der Waals surface area contributed by atoms with E-state index in [4.69, 9.17) is 0 Å². The number of aliphatic hydroxyl groups excluding tert-OH is 1. The first-order valence-electron chi connectivity index (χ1n) is 5.40. The van der Waals surface area contributed by atoms with Crippen LogP contribution in [0.1, 0.15) is 41.0 Å². The van der Waals surface area contributed by atoms with Crippen molar-refractivity contribution in [2.75, 3.05) is 6.54 Å². The highest BCUT2D eigenvalue weighted by Gasteiger charge is 2.14. The smallest absolute Gasteiger partial charge is 0.0687 e. The summed E-state index contributed by atoms with van der Waals surface area (Å²) < 4.78 is 0. The second-order valence-electron chi connectivity index (χ2n) is 4.48. The predicted octanol–water partition coefficient (Wildman–Crippen LogP) is 2.03. The summed E-state index contributed by atoms with van der Waals surface area (Å²) in [5, 5.41) is 13.0. The van der Waals surface area contributed by atoms with Gasteiger partial charge in [0.1, 0.15) is 0 Å². The Bertz CT molecular complexity index is 123. The lowest BCUT2D eigenvalue weighted by molar-refractivity contribution is 0.117. The van der Waals surface area contributed by atoms with E-state index in [-0.39, 0.29) is 6.10 Å². The molecule has 0 heterocycles. The molecule has 2 unspecified atom stereocenters. The standard InChI is InChI=1S/C11H25NO/c1-6-10(8(2)3)12-7-11(13)9(4)5/h8-13H,6-7H2,1-5H3. The Balaban J connectivity index is 3.72. The molecular formula is C11H25NO. The van der Waals surface area contributed by atoms with Gasteiger partial charge in [0, 0.05) is 12.6 Å². The van der Waals surface area contributed by atoms with Crippen LogP contribution in [0.4, 0.5) is 0 Å². The van der Waals surface area contributed by atoms with Crippen molar-refractivity contribution in [2.24, 2.45) is 11.8 Å². The molecule has 13 heavy (non-hydrogen) atoms. The van der Waals surface area contributed by atoms with E-state index >= 15 is 0 Å². The molecule has 2 nitrogen and oxygen atoms in total. The molecule has 0 aromatic carbocycles. The summed E-state index contributed by atoms with van der Waals surface area (Å²) in [6.07, 6.45) is 0.912. The Kier molecular flexibility index (Phi) is 6.35. The fourth-order valence-corrected chi connectivity index (χ4v) is 1.36. The maximum Gasteiger partial charge on any atom is 0.0687 e. The van der Waals surface area contributed by atoms with Crippen molar-refractivity contribution in [3.8, 4) is 0 Å². The molecule has 0 aromatic rings. The van der Waals surface area contributed by atoms with Gasteiger partial charge in [0.2, 0.25) is 0 Å². The number of hydrogen-bond donors (Lipinski definition) is 2. The highest BCUT2D eigenvalue weighted by atomic mass is 16.3. The largest absolute Gasteiger partial charge is 0.392 e. The Hall–Kier alpha value is -0.0800. The lowest BCUT2D eigenvalue weighted by Gasteiger charge is -2.23. The van der Waals surface area contributed by atoms with Gasteiger partial charge >= 0.3 is 0 Å². The van der Waals surface area contributed by atoms with E-state index in [0.29, 0.717) is 24.4 Å². The molecule has 0 saturated heterocycles. The summed E-state index contributed by atoms with van der Waals surface area (Å²) >= 11 is 0. The molecule has 0 bridgehead atoms. The third kappa shape index (κ3) is 5.27. The molecule has 2 heteroatoms. The first-order chi connectivity index (χ1) is 5.99. The highest BCUT2D eigenvalue weighted by molar-refractivity contribution is 4.72. The molecule has 0 fully saturated rings. The Labute approximate surface area is 82.7 Å². The second-order valence-corrected chi connectivity index (χ2v) is 4.48. The Morgan fingerprint density at radius 1 is 1.08 bits per heavy atom. The fourth-order valence-electron chi connectivity index (χ4n) is 1.36. The van der Waals surface area contributed by atoms with Crippen LogP contribution in [0.5, 0.6) is 0 Å². The first-order valence-corrected chi connectivity index (χ1v) is 5.40. The molecule has 0 aliphatic heterocycles. The Morgan fingerprint density at radius 2 is 1.62 bits per heavy atom. The second kappa shape index (κ2) is 6.39. The van der Waals surface area contributed by atoms with Crippen LogP contribution in [0, 0.1) is 11.8 Å². The van der Waals surface area contributed by atoms with Gasteiger partial charge in [0.05, 0.1) is 6.10 Å². The van der Waals surface area contributed by atoms with Gasteiger partial charge in [-0.2, -0.15) is 0 Å². The summed E-state index contributed by atoms with van der Waals surface area (Å²) in [6.45, 7) is 11.4. The minimum absolute atomic E-state index is 0.215. The van der Waals surface area contributed by atoms with Gasteiger partial charge in [-0.3, -0.25) is 0 Å². The van der Waals surface area contributed by atoms with Gasteiger partial charge < -0.3 is 10.4 Å². The lowest BCUT2D eigenvalue weighted by atomic mass is 10.0. The van der Waals surface area contributed by atoms with Gasteiger partial charge in [0.25, 0.3) is 0 Å². The Morgan fingerprint density at radius 3 is 1.92 bits per heavy atom. The fraction of sp³-hybridized carbons (Fsp3) is 1.00. The average Bonchev–Trinajstić information content (AvgIpc) is 2.04. The van der Waals surface area contributed by atoms with Crippen LogP contribution < -0.4 is 5.32 Å². The zero-order chi connectivity index (χ0) is 10.4. The van der Waals surface area contributed by atoms with E-state index < -0.39 is 0 Å². The molecule has 0 radical (unpaired) electrons. The van der Waals surface area contributed by atoms with E-state index in [1.165, 1.54) is 0 Å². The minimum Gasteiger partial charge on any atom is -0.392 e. The van der Waals surface area contributed by atoms with Crippen LogP contribution in [0.2, 0.25) is 0 Å². The summed E-state index contributed by atoms with van der Waals surface area (Å²) in [6, 6.07) is 0.536.